The normalized spacial score (nSPS) is 14.1. The second-order valence-corrected chi connectivity index (χ2v) is 4.51. The zero-order valence-corrected chi connectivity index (χ0v) is 11.1. The van der Waals surface area contributed by atoms with Crippen LogP contribution in [0.1, 0.15) is 33.6 Å². The van der Waals surface area contributed by atoms with E-state index in [0.29, 0.717) is 12.4 Å². The van der Waals surface area contributed by atoms with Crippen molar-refractivity contribution in [2.45, 2.75) is 39.2 Å². The SMILES string of the molecule is CCCNc1ncc(F)c(NC(C)(CC)CO)n1. The minimum absolute atomic E-state index is 0.0926. The molecule has 1 heterocycles. The molecule has 0 saturated heterocycles. The predicted molar refractivity (Wildman–Crippen MR) is 70.2 cm³/mol. The van der Waals surface area contributed by atoms with E-state index in [0.717, 1.165) is 19.2 Å². The molecule has 18 heavy (non-hydrogen) atoms. The highest BCUT2D eigenvalue weighted by Gasteiger charge is 2.23. The second kappa shape index (κ2) is 6.49. The molecule has 1 rings (SSSR count). The highest BCUT2D eigenvalue weighted by atomic mass is 19.1. The Balaban J connectivity index is 2.86. The lowest BCUT2D eigenvalue weighted by Crippen LogP contribution is -2.38. The molecule has 5 nitrogen and oxygen atoms in total. The molecule has 0 spiro atoms. The summed E-state index contributed by atoms with van der Waals surface area (Å²) in [5.74, 6) is -0.0238. The Kier molecular flexibility index (Phi) is 5.27. The smallest absolute Gasteiger partial charge is 0.224 e. The summed E-state index contributed by atoms with van der Waals surface area (Å²) in [6.45, 7) is 6.39. The number of aliphatic hydroxyl groups is 1. The third-order valence-corrected chi connectivity index (χ3v) is 2.83. The van der Waals surface area contributed by atoms with Gasteiger partial charge in [-0.2, -0.15) is 4.98 Å². The maximum atomic E-state index is 13.6. The first-order valence-electron chi connectivity index (χ1n) is 6.20. The highest BCUT2D eigenvalue weighted by Crippen LogP contribution is 2.19. The lowest BCUT2D eigenvalue weighted by Gasteiger charge is -2.28. The fourth-order valence-corrected chi connectivity index (χ4v) is 1.30. The molecule has 1 aromatic rings. The number of aliphatic hydroxyl groups excluding tert-OH is 1. The van der Waals surface area contributed by atoms with E-state index < -0.39 is 11.4 Å². The van der Waals surface area contributed by atoms with Gasteiger partial charge in [0.1, 0.15) is 0 Å². The molecule has 3 N–H and O–H groups in total. The van der Waals surface area contributed by atoms with E-state index >= 15 is 0 Å². The van der Waals surface area contributed by atoms with Gasteiger partial charge in [-0.1, -0.05) is 13.8 Å². The number of aromatic nitrogens is 2. The largest absolute Gasteiger partial charge is 0.394 e. The zero-order chi connectivity index (χ0) is 13.6. The summed E-state index contributed by atoms with van der Waals surface area (Å²) in [4.78, 5) is 7.93. The molecule has 0 aromatic carbocycles. The molecular weight excluding hydrogens is 235 g/mol. The van der Waals surface area contributed by atoms with Gasteiger partial charge in [0.25, 0.3) is 0 Å². The summed E-state index contributed by atoms with van der Waals surface area (Å²) in [5.41, 5.74) is -0.586. The summed E-state index contributed by atoms with van der Waals surface area (Å²) in [7, 11) is 0. The molecule has 0 bridgehead atoms. The fraction of sp³-hybridized carbons (Fsp3) is 0.667. The van der Waals surface area contributed by atoms with E-state index in [2.05, 4.69) is 20.6 Å². The lowest BCUT2D eigenvalue weighted by atomic mass is 10.0. The Morgan fingerprint density at radius 1 is 1.44 bits per heavy atom. The van der Waals surface area contributed by atoms with Gasteiger partial charge in [-0.3, -0.25) is 0 Å². The monoisotopic (exact) mass is 256 g/mol. The van der Waals surface area contributed by atoms with Crippen molar-refractivity contribution in [1.82, 2.24) is 9.97 Å². The molecule has 0 fully saturated rings. The number of hydrogen-bond acceptors (Lipinski definition) is 5. The van der Waals surface area contributed by atoms with Crippen molar-refractivity contribution in [3.8, 4) is 0 Å². The van der Waals surface area contributed by atoms with Crippen LogP contribution in [-0.4, -0.2) is 33.8 Å². The van der Waals surface area contributed by atoms with Crippen molar-refractivity contribution in [3.05, 3.63) is 12.0 Å². The Morgan fingerprint density at radius 2 is 2.17 bits per heavy atom. The van der Waals surface area contributed by atoms with Crippen LogP contribution >= 0.6 is 0 Å². The first-order chi connectivity index (χ1) is 8.54. The minimum Gasteiger partial charge on any atom is -0.394 e. The van der Waals surface area contributed by atoms with E-state index in [9.17, 15) is 9.50 Å². The molecule has 0 radical (unpaired) electrons. The number of hydrogen-bond donors (Lipinski definition) is 3. The minimum atomic E-state index is -0.586. The van der Waals surface area contributed by atoms with Crippen LogP contribution in [-0.2, 0) is 0 Å². The van der Waals surface area contributed by atoms with Crippen LogP contribution in [0, 0.1) is 5.82 Å². The third kappa shape index (κ3) is 3.80. The third-order valence-electron chi connectivity index (χ3n) is 2.83. The summed E-state index contributed by atoms with van der Waals surface area (Å²) in [6, 6.07) is 0. The van der Waals surface area contributed by atoms with Crippen LogP contribution in [0.25, 0.3) is 0 Å². The topological polar surface area (TPSA) is 70.1 Å². The number of halogens is 1. The molecular formula is C12H21FN4O. The van der Waals surface area contributed by atoms with Gasteiger partial charge in [0, 0.05) is 6.54 Å². The first-order valence-corrected chi connectivity index (χ1v) is 6.20. The Bertz CT molecular complexity index is 382. The molecule has 0 aliphatic rings. The van der Waals surface area contributed by atoms with Crippen LogP contribution in [0.3, 0.4) is 0 Å². The number of nitrogens with one attached hydrogen (secondary N) is 2. The summed E-state index contributed by atoms with van der Waals surface area (Å²) in [5, 5.41) is 15.2. The van der Waals surface area contributed by atoms with Crippen molar-refractivity contribution in [2.75, 3.05) is 23.8 Å². The first kappa shape index (κ1) is 14.6. The summed E-state index contributed by atoms with van der Waals surface area (Å²) < 4.78 is 13.6. The molecule has 0 aliphatic carbocycles. The van der Waals surface area contributed by atoms with E-state index in [1.807, 2.05) is 20.8 Å². The van der Waals surface area contributed by atoms with Crippen LogP contribution in [0.15, 0.2) is 6.20 Å². The molecule has 0 saturated carbocycles. The van der Waals surface area contributed by atoms with E-state index in [-0.39, 0.29) is 12.4 Å². The average Bonchev–Trinajstić information content (AvgIpc) is 2.39. The number of rotatable bonds is 7. The van der Waals surface area contributed by atoms with Crippen molar-refractivity contribution in [1.29, 1.82) is 0 Å². The Hall–Kier alpha value is -1.43. The molecule has 0 amide bonds. The van der Waals surface area contributed by atoms with Gasteiger partial charge in [-0.25, -0.2) is 9.37 Å². The highest BCUT2D eigenvalue weighted by molar-refractivity contribution is 5.43. The van der Waals surface area contributed by atoms with Gasteiger partial charge in [-0.05, 0) is 19.8 Å². The second-order valence-electron chi connectivity index (χ2n) is 4.51. The van der Waals surface area contributed by atoms with Crippen molar-refractivity contribution in [2.24, 2.45) is 0 Å². The molecule has 6 heteroatoms. The van der Waals surface area contributed by atoms with Crippen LogP contribution in [0.4, 0.5) is 16.2 Å². The maximum Gasteiger partial charge on any atom is 0.224 e. The molecule has 1 aromatic heterocycles. The van der Waals surface area contributed by atoms with Gasteiger partial charge >= 0.3 is 0 Å². The molecule has 1 unspecified atom stereocenters. The van der Waals surface area contributed by atoms with Gasteiger partial charge in [-0.15, -0.1) is 0 Å². The van der Waals surface area contributed by atoms with Gasteiger partial charge in [0.2, 0.25) is 5.95 Å². The van der Waals surface area contributed by atoms with Gasteiger partial charge < -0.3 is 15.7 Å². The van der Waals surface area contributed by atoms with E-state index in [1.165, 1.54) is 0 Å². The van der Waals surface area contributed by atoms with Crippen LogP contribution < -0.4 is 10.6 Å². The zero-order valence-electron chi connectivity index (χ0n) is 11.1. The lowest BCUT2D eigenvalue weighted by molar-refractivity contribution is 0.218. The number of anilines is 2. The Morgan fingerprint density at radius 3 is 2.72 bits per heavy atom. The Labute approximate surface area is 107 Å². The van der Waals surface area contributed by atoms with Crippen molar-refractivity contribution in [3.63, 3.8) is 0 Å². The molecule has 1 atom stereocenters. The predicted octanol–water partition coefficient (Wildman–Crippen LogP) is 2.01. The van der Waals surface area contributed by atoms with Gasteiger partial charge in [0.15, 0.2) is 11.6 Å². The summed E-state index contributed by atoms with van der Waals surface area (Å²) in [6.07, 6.45) is 2.72. The van der Waals surface area contributed by atoms with Crippen molar-refractivity contribution < 1.29 is 9.50 Å². The quantitative estimate of drug-likeness (QED) is 0.696. The van der Waals surface area contributed by atoms with Crippen molar-refractivity contribution >= 4 is 11.8 Å². The van der Waals surface area contributed by atoms with E-state index in [1.54, 1.807) is 0 Å². The fourth-order valence-electron chi connectivity index (χ4n) is 1.30. The number of nitrogens with zero attached hydrogens (tertiary/aromatic N) is 2. The van der Waals surface area contributed by atoms with Crippen LogP contribution in [0.5, 0.6) is 0 Å². The van der Waals surface area contributed by atoms with Crippen LogP contribution in [0.2, 0.25) is 0 Å². The summed E-state index contributed by atoms with van der Waals surface area (Å²) >= 11 is 0. The molecule has 102 valence electrons. The molecule has 0 aliphatic heterocycles. The maximum absolute atomic E-state index is 13.6. The van der Waals surface area contributed by atoms with Gasteiger partial charge in [0.05, 0.1) is 18.3 Å². The van der Waals surface area contributed by atoms with E-state index in [4.69, 9.17) is 0 Å². The standard InChI is InChI=1S/C12H21FN4O/c1-4-6-14-11-15-7-9(13)10(16-11)17-12(3,5-2)8-18/h7,18H,4-6,8H2,1-3H3,(H2,14,15,16,17). The average molecular weight is 256 g/mol.